The maximum atomic E-state index is 14.0. The van der Waals surface area contributed by atoms with Crippen LogP contribution in [-0.4, -0.2) is 50.9 Å². The molecule has 0 aliphatic rings. The number of rotatable bonds is 12. The minimum Gasteiger partial charge on any atom is -0.497 e. The highest BCUT2D eigenvalue weighted by Gasteiger charge is 2.33. The molecule has 0 saturated heterocycles. The maximum absolute atomic E-state index is 14.0. The quantitative estimate of drug-likeness (QED) is 0.316. The Morgan fingerprint density at radius 3 is 2.33 bits per heavy atom. The molecule has 8 nitrogen and oxygen atoms in total. The first-order chi connectivity index (χ1) is 19.0. The average molecular weight is 586 g/mol. The van der Waals surface area contributed by atoms with Gasteiger partial charge in [0.05, 0.1) is 17.7 Å². The van der Waals surface area contributed by atoms with Gasteiger partial charge < -0.3 is 15.0 Å². The Hall–Kier alpha value is -3.56. The Morgan fingerprint density at radius 1 is 1.00 bits per heavy atom. The van der Waals surface area contributed by atoms with Gasteiger partial charge in [0.25, 0.3) is 10.0 Å². The van der Waals surface area contributed by atoms with Crippen molar-refractivity contribution < 1.29 is 22.7 Å². The van der Waals surface area contributed by atoms with Gasteiger partial charge in [-0.1, -0.05) is 54.9 Å². The van der Waals surface area contributed by atoms with Crippen LogP contribution in [-0.2, 0) is 26.2 Å². The molecule has 0 saturated carbocycles. The monoisotopic (exact) mass is 585 g/mol. The summed E-state index contributed by atoms with van der Waals surface area (Å²) in [5.74, 6) is -0.278. The van der Waals surface area contributed by atoms with Crippen LogP contribution in [0.15, 0.2) is 77.7 Å². The van der Waals surface area contributed by atoms with Crippen molar-refractivity contribution in [3.8, 4) is 5.75 Å². The molecular formula is C30H36ClN3O5S. The van der Waals surface area contributed by atoms with Crippen molar-refractivity contribution in [1.29, 1.82) is 0 Å². The fourth-order valence-electron chi connectivity index (χ4n) is 4.11. The van der Waals surface area contributed by atoms with Crippen LogP contribution in [0.3, 0.4) is 0 Å². The van der Waals surface area contributed by atoms with Crippen molar-refractivity contribution in [1.82, 2.24) is 10.2 Å². The number of ether oxygens (including phenoxy) is 1. The van der Waals surface area contributed by atoms with E-state index < -0.39 is 28.5 Å². The van der Waals surface area contributed by atoms with Crippen LogP contribution in [0.2, 0.25) is 5.02 Å². The number of nitrogens with zero attached hydrogens (tertiary/aromatic N) is 2. The molecule has 0 heterocycles. The van der Waals surface area contributed by atoms with E-state index in [-0.39, 0.29) is 29.1 Å². The molecule has 1 N–H and O–H groups in total. The summed E-state index contributed by atoms with van der Waals surface area (Å²) >= 11 is 6.36. The van der Waals surface area contributed by atoms with Gasteiger partial charge in [-0.15, -0.1) is 0 Å². The van der Waals surface area contributed by atoms with E-state index >= 15 is 0 Å². The van der Waals surface area contributed by atoms with E-state index in [9.17, 15) is 18.0 Å². The Morgan fingerprint density at radius 2 is 1.68 bits per heavy atom. The molecule has 0 aliphatic carbocycles. The van der Waals surface area contributed by atoms with Crippen molar-refractivity contribution in [2.24, 2.45) is 0 Å². The molecule has 0 unspecified atom stereocenters. The zero-order valence-electron chi connectivity index (χ0n) is 23.4. The highest BCUT2D eigenvalue weighted by molar-refractivity contribution is 7.92. The molecule has 10 heteroatoms. The van der Waals surface area contributed by atoms with Gasteiger partial charge in [0, 0.05) is 17.6 Å². The van der Waals surface area contributed by atoms with Gasteiger partial charge >= 0.3 is 0 Å². The third-order valence-corrected chi connectivity index (χ3v) is 8.96. The maximum Gasteiger partial charge on any atom is 0.264 e. The first kappa shape index (κ1) is 31.0. The molecule has 2 amide bonds. The molecule has 3 rings (SSSR count). The third-order valence-electron chi connectivity index (χ3n) is 6.77. The number of nitrogens with one attached hydrogen (secondary N) is 1. The molecule has 2 atom stereocenters. The Balaban J connectivity index is 2.06. The second-order valence-corrected chi connectivity index (χ2v) is 11.8. The van der Waals surface area contributed by atoms with Crippen molar-refractivity contribution in [2.45, 2.75) is 57.6 Å². The predicted octanol–water partition coefficient (Wildman–Crippen LogP) is 5.18. The van der Waals surface area contributed by atoms with E-state index in [1.54, 1.807) is 75.6 Å². The van der Waals surface area contributed by atoms with Crippen LogP contribution in [0, 0.1) is 6.92 Å². The standard InChI is InChI=1S/C30H36ClN3O5S/c1-6-21(2)32-30(36)23(4)33(19-24-12-10-13-25(18-24)39-5)29(35)20-34(28-17-11-16-27(31)22(28)3)40(37,38)26-14-8-7-9-15-26/h7-18,21,23H,6,19-20H2,1-5H3,(H,32,36)/t21-,23+/m0/s1. The minimum absolute atomic E-state index is 0.0316. The summed E-state index contributed by atoms with van der Waals surface area (Å²) in [4.78, 5) is 28.6. The number of hydrogen-bond donors (Lipinski definition) is 1. The summed E-state index contributed by atoms with van der Waals surface area (Å²) in [6, 6.07) is 19.0. The minimum atomic E-state index is -4.17. The van der Waals surface area contributed by atoms with E-state index in [1.807, 2.05) is 19.9 Å². The molecule has 0 fully saturated rings. The fraction of sp³-hybridized carbons (Fsp3) is 0.333. The Bertz CT molecular complexity index is 1430. The molecule has 0 aliphatic heterocycles. The molecule has 0 spiro atoms. The molecule has 3 aromatic carbocycles. The summed E-state index contributed by atoms with van der Waals surface area (Å²) in [5, 5.41) is 3.29. The number of amides is 2. The first-order valence-electron chi connectivity index (χ1n) is 13.0. The summed E-state index contributed by atoms with van der Waals surface area (Å²) in [6.07, 6.45) is 0.722. The number of carbonyl (C=O) groups excluding carboxylic acids is 2. The lowest BCUT2D eigenvalue weighted by Crippen LogP contribution is -2.52. The van der Waals surface area contributed by atoms with Gasteiger partial charge in [0.2, 0.25) is 11.8 Å². The number of methoxy groups -OCH3 is 1. The van der Waals surface area contributed by atoms with Crippen LogP contribution in [0.5, 0.6) is 5.75 Å². The smallest absolute Gasteiger partial charge is 0.264 e. The normalized spacial score (nSPS) is 12.8. The molecule has 0 aromatic heterocycles. The van der Waals surface area contributed by atoms with E-state index in [4.69, 9.17) is 16.3 Å². The van der Waals surface area contributed by atoms with Crippen LogP contribution >= 0.6 is 11.6 Å². The first-order valence-corrected chi connectivity index (χ1v) is 14.9. The number of halogens is 1. The summed E-state index contributed by atoms with van der Waals surface area (Å²) < 4.78 is 34.2. The van der Waals surface area contributed by atoms with E-state index in [0.29, 0.717) is 16.3 Å². The van der Waals surface area contributed by atoms with E-state index in [2.05, 4.69) is 5.32 Å². The van der Waals surface area contributed by atoms with Gasteiger partial charge in [-0.25, -0.2) is 8.42 Å². The number of carbonyl (C=O) groups is 2. The second-order valence-electron chi connectivity index (χ2n) is 9.58. The molecular weight excluding hydrogens is 550 g/mol. The second kappa shape index (κ2) is 13.7. The zero-order valence-corrected chi connectivity index (χ0v) is 25.0. The van der Waals surface area contributed by atoms with Crippen LogP contribution in [0.4, 0.5) is 5.69 Å². The van der Waals surface area contributed by atoms with Crippen molar-refractivity contribution >= 4 is 39.1 Å². The lowest BCUT2D eigenvalue weighted by molar-refractivity contribution is -0.139. The van der Waals surface area contributed by atoms with Crippen molar-refractivity contribution in [3.05, 3.63) is 88.9 Å². The molecule has 0 bridgehead atoms. The van der Waals surface area contributed by atoms with Gasteiger partial charge in [-0.3, -0.25) is 13.9 Å². The van der Waals surface area contributed by atoms with E-state index in [1.165, 1.54) is 17.0 Å². The van der Waals surface area contributed by atoms with Crippen molar-refractivity contribution in [2.75, 3.05) is 18.0 Å². The highest BCUT2D eigenvalue weighted by atomic mass is 35.5. The summed E-state index contributed by atoms with van der Waals surface area (Å²) in [7, 11) is -2.62. The topological polar surface area (TPSA) is 96.0 Å². The van der Waals surface area contributed by atoms with Crippen molar-refractivity contribution in [3.63, 3.8) is 0 Å². The summed E-state index contributed by atoms with van der Waals surface area (Å²) in [5.41, 5.74) is 1.52. The third kappa shape index (κ3) is 7.34. The number of benzene rings is 3. The van der Waals surface area contributed by atoms with Gasteiger partial charge in [0.1, 0.15) is 18.3 Å². The SMILES string of the molecule is CC[C@H](C)NC(=O)[C@@H](C)N(Cc1cccc(OC)c1)C(=O)CN(c1cccc(Cl)c1C)S(=O)(=O)c1ccccc1. The fourth-order valence-corrected chi connectivity index (χ4v) is 5.78. The van der Waals surface area contributed by atoms with E-state index in [0.717, 1.165) is 16.3 Å². The number of hydrogen-bond acceptors (Lipinski definition) is 5. The average Bonchev–Trinajstić information content (AvgIpc) is 2.96. The van der Waals surface area contributed by atoms with Crippen LogP contribution in [0.1, 0.15) is 38.3 Å². The lowest BCUT2D eigenvalue weighted by Gasteiger charge is -2.33. The largest absolute Gasteiger partial charge is 0.497 e. The molecule has 214 valence electrons. The Kier molecular flexibility index (Phi) is 10.6. The summed E-state index contributed by atoms with van der Waals surface area (Å²) in [6.45, 7) is 6.70. The van der Waals surface area contributed by atoms with Gasteiger partial charge in [0.15, 0.2) is 0 Å². The molecule has 3 aromatic rings. The lowest BCUT2D eigenvalue weighted by atomic mass is 10.1. The molecule has 0 radical (unpaired) electrons. The predicted molar refractivity (Wildman–Crippen MR) is 158 cm³/mol. The number of sulfonamides is 1. The van der Waals surface area contributed by atoms with Crippen LogP contribution in [0.25, 0.3) is 0 Å². The van der Waals surface area contributed by atoms with Crippen LogP contribution < -0.4 is 14.4 Å². The Labute approximate surface area is 241 Å². The number of anilines is 1. The highest BCUT2D eigenvalue weighted by Crippen LogP contribution is 2.31. The zero-order chi connectivity index (χ0) is 29.4. The van der Waals surface area contributed by atoms with Gasteiger partial charge in [-0.2, -0.15) is 0 Å². The van der Waals surface area contributed by atoms with Gasteiger partial charge in [-0.05, 0) is 74.7 Å². The molecule has 40 heavy (non-hydrogen) atoms.